The van der Waals surface area contributed by atoms with E-state index < -0.39 is 5.72 Å². The van der Waals surface area contributed by atoms with Gasteiger partial charge >= 0.3 is 0 Å². The second-order valence-electron chi connectivity index (χ2n) is 3.30. The van der Waals surface area contributed by atoms with E-state index in [0.29, 0.717) is 19.1 Å². The zero-order valence-corrected chi connectivity index (χ0v) is 9.28. The first-order valence-electron chi connectivity index (χ1n) is 5.02. The first-order chi connectivity index (χ1) is 6.62. The molecule has 0 spiro atoms. The molecule has 1 heterocycles. The molecule has 0 fully saturated rings. The fourth-order valence-electron chi connectivity index (χ4n) is 1.33. The van der Waals surface area contributed by atoms with Crippen LogP contribution in [0.25, 0.3) is 0 Å². The van der Waals surface area contributed by atoms with Crippen LogP contribution in [0.1, 0.15) is 27.7 Å². The summed E-state index contributed by atoms with van der Waals surface area (Å²) in [7, 11) is 0. The lowest BCUT2D eigenvalue weighted by Crippen LogP contribution is -2.42. The number of hydrogen-bond donors (Lipinski definition) is 0. The van der Waals surface area contributed by atoms with Gasteiger partial charge in [0.05, 0.1) is 12.6 Å². The average Bonchev–Trinajstić information content (AvgIpc) is 2.13. The summed E-state index contributed by atoms with van der Waals surface area (Å²) in [6.45, 7) is 8.87. The summed E-state index contributed by atoms with van der Waals surface area (Å²) in [5.41, 5.74) is -0.725. The maximum absolute atomic E-state index is 5.53. The van der Waals surface area contributed by atoms with Crippen molar-refractivity contribution >= 4 is 12.1 Å². The zero-order valence-electron chi connectivity index (χ0n) is 9.28. The molecule has 0 bridgehead atoms. The minimum absolute atomic E-state index is 0.0741. The Bertz CT molecular complexity index is 251. The molecule has 0 aromatic heterocycles. The van der Waals surface area contributed by atoms with E-state index in [0.717, 1.165) is 0 Å². The lowest BCUT2D eigenvalue weighted by atomic mass is 10.2. The second kappa shape index (κ2) is 4.55. The summed E-state index contributed by atoms with van der Waals surface area (Å²) < 4.78 is 11.0. The van der Waals surface area contributed by atoms with E-state index in [-0.39, 0.29) is 6.04 Å². The summed E-state index contributed by atoms with van der Waals surface area (Å²) in [4.78, 5) is 8.69. The first-order valence-corrected chi connectivity index (χ1v) is 5.02. The van der Waals surface area contributed by atoms with Crippen molar-refractivity contribution in [2.24, 2.45) is 9.98 Å². The molecule has 1 rings (SSSR count). The average molecular weight is 198 g/mol. The lowest BCUT2D eigenvalue weighted by molar-refractivity contribution is 0.0160. The van der Waals surface area contributed by atoms with Crippen LogP contribution in [-0.4, -0.2) is 37.1 Å². The van der Waals surface area contributed by atoms with Crippen LogP contribution in [-0.2, 0) is 9.47 Å². The van der Waals surface area contributed by atoms with E-state index >= 15 is 0 Å². The summed E-state index contributed by atoms with van der Waals surface area (Å²) in [6.07, 6.45) is 1.79. The minimum Gasteiger partial charge on any atom is -0.478 e. The molecule has 0 aromatic carbocycles. The van der Waals surface area contributed by atoms with E-state index in [1.165, 1.54) is 0 Å². The van der Waals surface area contributed by atoms with Gasteiger partial charge in [-0.05, 0) is 27.7 Å². The highest BCUT2D eigenvalue weighted by molar-refractivity contribution is 5.90. The number of hydrogen-bond acceptors (Lipinski definition) is 4. The Balaban J connectivity index is 2.82. The second-order valence-corrected chi connectivity index (χ2v) is 3.30. The van der Waals surface area contributed by atoms with Crippen molar-refractivity contribution in [1.82, 2.24) is 0 Å². The van der Waals surface area contributed by atoms with E-state index in [4.69, 9.17) is 9.47 Å². The van der Waals surface area contributed by atoms with Crippen LogP contribution in [0.4, 0.5) is 0 Å². The molecule has 4 heteroatoms. The van der Waals surface area contributed by atoms with Crippen molar-refractivity contribution in [2.45, 2.75) is 39.5 Å². The molecule has 0 saturated carbocycles. The van der Waals surface area contributed by atoms with E-state index in [1.54, 1.807) is 6.21 Å². The molecule has 2 unspecified atom stereocenters. The van der Waals surface area contributed by atoms with Crippen LogP contribution in [0.3, 0.4) is 0 Å². The first kappa shape index (κ1) is 11.2. The van der Waals surface area contributed by atoms with Crippen molar-refractivity contribution in [3.63, 3.8) is 0 Å². The molecular formula is C10H18N2O2. The highest BCUT2D eigenvalue weighted by Gasteiger charge is 2.34. The van der Waals surface area contributed by atoms with Crippen molar-refractivity contribution in [3.05, 3.63) is 0 Å². The minimum atomic E-state index is -0.725. The predicted octanol–water partition coefficient (Wildman–Crippen LogP) is 1.65. The third kappa shape index (κ3) is 2.32. The number of aliphatic imine (C=N–C) groups is 2. The van der Waals surface area contributed by atoms with Gasteiger partial charge in [0.1, 0.15) is 0 Å². The maximum atomic E-state index is 5.53. The normalized spacial score (nSPS) is 31.4. The van der Waals surface area contributed by atoms with Gasteiger partial charge in [-0.3, -0.25) is 4.99 Å². The summed E-state index contributed by atoms with van der Waals surface area (Å²) in [5.74, 6) is 0.580. The number of ether oxygens (including phenoxy) is 2. The van der Waals surface area contributed by atoms with Gasteiger partial charge < -0.3 is 9.47 Å². The van der Waals surface area contributed by atoms with Crippen LogP contribution >= 0.6 is 0 Å². The molecular weight excluding hydrogens is 180 g/mol. The van der Waals surface area contributed by atoms with E-state index in [2.05, 4.69) is 9.98 Å². The fourth-order valence-corrected chi connectivity index (χ4v) is 1.33. The molecule has 2 atom stereocenters. The van der Waals surface area contributed by atoms with Gasteiger partial charge in [0.2, 0.25) is 11.6 Å². The Labute approximate surface area is 85.0 Å². The Morgan fingerprint density at radius 3 is 2.71 bits per heavy atom. The van der Waals surface area contributed by atoms with Crippen molar-refractivity contribution in [3.8, 4) is 0 Å². The molecule has 0 radical (unpaired) electrons. The molecule has 14 heavy (non-hydrogen) atoms. The van der Waals surface area contributed by atoms with Gasteiger partial charge in [0.15, 0.2) is 0 Å². The van der Waals surface area contributed by atoms with Crippen LogP contribution in [0.2, 0.25) is 0 Å². The van der Waals surface area contributed by atoms with Gasteiger partial charge in [-0.2, -0.15) is 0 Å². The highest BCUT2D eigenvalue weighted by atomic mass is 16.6. The molecule has 0 amide bonds. The molecule has 1 aliphatic heterocycles. The van der Waals surface area contributed by atoms with Gasteiger partial charge in [-0.25, -0.2) is 4.99 Å². The quantitative estimate of drug-likeness (QED) is 0.692. The third-order valence-electron chi connectivity index (χ3n) is 1.96. The van der Waals surface area contributed by atoms with Gasteiger partial charge in [0, 0.05) is 12.8 Å². The predicted molar refractivity (Wildman–Crippen MR) is 57.0 cm³/mol. The monoisotopic (exact) mass is 198 g/mol. The van der Waals surface area contributed by atoms with Crippen LogP contribution in [0.5, 0.6) is 0 Å². The summed E-state index contributed by atoms with van der Waals surface area (Å²) in [5, 5.41) is 0. The van der Waals surface area contributed by atoms with Crippen LogP contribution in [0.15, 0.2) is 9.98 Å². The molecule has 0 aromatic rings. The highest BCUT2D eigenvalue weighted by Crippen LogP contribution is 2.20. The lowest BCUT2D eigenvalue weighted by Gasteiger charge is -2.29. The Morgan fingerprint density at radius 1 is 1.43 bits per heavy atom. The fraction of sp³-hybridized carbons (Fsp3) is 0.800. The molecule has 0 aliphatic carbocycles. The Morgan fingerprint density at radius 2 is 2.14 bits per heavy atom. The Kier molecular flexibility index (Phi) is 3.63. The van der Waals surface area contributed by atoms with E-state index in [1.807, 2.05) is 27.7 Å². The van der Waals surface area contributed by atoms with Crippen LogP contribution < -0.4 is 0 Å². The van der Waals surface area contributed by atoms with Crippen LogP contribution in [0, 0.1) is 0 Å². The Hall–Kier alpha value is -0.900. The molecule has 1 aliphatic rings. The van der Waals surface area contributed by atoms with Gasteiger partial charge in [-0.1, -0.05) is 0 Å². The largest absolute Gasteiger partial charge is 0.478 e. The summed E-state index contributed by atoms with van der Waals surface area (Å²) >= 11 is 0. The zero-order chi connectivity index (χ0) is 10.6. The standard InChI is InChI=1S/C10H18N2O2/c1-5-13-9-10(4,14-6-2)11-7-8(3)12-9/h7-8H,5-6H2,1-4H3. The third-order valence-corrected chi connectivity index (χ3v) is 1.96. The number of nitrogens with zero attached hydrogens (tertiary/aromatic N) is 2. The SMILES string of the molecule is CCOC1=NC(C)C=NC1(C)OCC. The van der Waals surface area contributed by atoms with Gasteiger partial charge in [0.25, 0.3) is 0 Å². The molecule has 4 nitrogen and oxygen atoms in total. The topological polar surface area (TPSA) is 43.2 Å². The number of rotatable bonds is 3. The van der Waals surface area contributed by atoms with E-state index in [9.17, 15) is 0 Å². The van der Waals surface area contributed by atoms with Crippen molar-refractivity contribution in [2.75, 3.05) is 13.2 Å². The smallest absolute Gasteiger partial charge is 0.240 e. The molecule has 80 valence electrons. The van der Waals surface area contributed by atoms with Crippen molar-refractivity contribution < 1.29 is 9.47 Å². The molecule has 0 saturated heterocycles. The summed E-state index contributed by atoms with van der Waals surface area (Å²) in [6, 6.07) is 0.0741. The molecule has 0 N–H and O–H groups in total. The van der Waals surface area contributed by atoms with Crippen molar-refractivity contribution in [1.29, 1.82) is 0 Å². The van der Waals surface area contributed by atoms with Gasteiger partial charge in [-0.15, -0.1) is 0 Å². The maximum Gasteiger partial charge on any atom is 0.240 e.